The number of ether oxygens (including phenoxy) is 1. The molecule has 0 fully saturated rings. The zero-order chi connectivity index (χ0) is 21.5. The number of hydrogen-bond donors (Lipinski definition) is 3. The minimum atomic E-state index is -0.410. The monoisotopic (exact) mass is 396 g/mol. The van der Waals surface area contributed by atoms with E-state index in [1.54, 1.807) is 6.92 Å². The van der Waals surface area contributed by atoms with Gasteiger partial charge in [0.05, 0.1) is 5.60 Å². The van der Waals surface area contributed by atoms with Gasteiger partial charge in [-0.05, 0) is 33.6 Å². The summed E-state index contributed by atoms with van der Waals surface area (Å²) in [6.07, 6.45) is 1.99. The lowest BCUT2D eigenvalue weighted by Crippen LogP contribution is -2.34. The van der Waals surface area contributed by atoms with Crippen molar-refractivity contribution in [3.63, 3.8) is 0 Å². The maximum atomic E-state index is 12.0. The number of hydrogen-bond acceptors (Lipinski definition) is 5. The van der Waals surface area contributed by atoms with Crippen LogP contribution in [-0.4, -0.2) is 45.2 Å². The molecule has 0 saturated heterocycles. The van der Waals surface area contributed by atoms with Crippen molar-refractivity contribution in [1.29, 1.82) is 0 Å². The van der Waals surface area contributed by atoms with E-state index in [1.807, 2.05) is 34.6 Å². The Kier molecular flexibility index (Phi) is 8.54. The maximum Gasteiger partial charge on any atom is 0.221 e. The number of aromatic hydroxyl groups is 2. The van der Waals surface area contributed by atoms with Crippen LogP contribution in [0.1, 0.15) is 65.9 Å². The van der Waals surface area contributed by atoms with Gasteiger partial charge in [0.25, 0.3) is 0 Å². The summed E-state index contributed by atoms with van der Waals surface area (Å²) in [7, 11) is 0. The molecule has 0 aromatic carbocycles. The Bertz CT molecular complexity index is 677. The van der Waals surface area contributed by atoms with Crippen molar-refractivity contribution in [2.75, 3.05) is 13.2 Å². The van der Waals surface area contributed by atoms with E-state index in [-0.39, 0.29) is 41.8 Å². The highest BCUT2D eigenvalue weighted by molar-refractivity contribution is 5.83. The third-order valence-corrected chi connectivity index (χ3v) is 5.14. The number of aromatic nitrogens is 1. The van der Waals surface area contributed by atoms with E-state index in [0.717, 1.165) is 0 Å². The van der Waals surface area contributed by atoms with Crippen LogP contribution < -0.4 is 5.32 Å². The second kappa shape index (κ2) is 9.96. The van der Waals surface area contributed by atoms with Crippen LogP contribution >= 0.6 is 0 Å². The molecule has 0 bridgehead atoms. The van der Waals surface area contributed by atoms with Gasteiger partial charge in [0, 0.05) is 49.6 Å². The van der Waals surface area contributed by atoms with Crippen LogP contribution in [0.4, 0.5) is 0 Å². The minimum Gasteiger partial charge on any atom is -0.494 e. The van der Waals surface area contributed by atoms with Gasteiger partial charge < -0.3 is 20.3 Å². The molecule has 0 spiro atoms. The Balaban J connectivity index is 2.33. The minimum absolute atomic E-state index is 0.0238. The lowest BCUT2D eigenvalue weighted by atomic mass is 9.83. The molecule has 0 saturated carbocycles. The van der Waals surface area contributed by atoms with Crippen LogP contribution in [0.15, 0.2) is 6.07 Å². The third kappa shape index (κ3) is 7.19. The molecule has 7 heteroatoms. The van der Waals surface area contributed by atoms with E-state index < -0.39 is 5.60 Å². The Labute approximate surface area is 168 Å². The molecule has 0 radical (unpaired) electrons. The zero-order valence-corrected chi connectivity index (χ0v) is 18.1. The average molecular weight is 397 g/mol. The number of carbonyl (C=O) groups is 2. The molecule has 0 aliphatic carbocycles. The van der Waals surface area contributed by atoms with Gasteiger partial charge in [-0.25, -0.2) is 0 Å². The highest BCUT2D eigenvalue weighted by Gasteiger charge is 2.27. The topological polar surface area (TPSA) is 101 Å². The molecule has 1 heterocycles. The van der Waals surface area contributed by atoms with Crippen LogP contribution in [0.3, 0.4) is 0 Å². The van der Waals surface area contributed by atoms with Gasteiger partial charge in [-0.2, -0.15) is 0 Å². The van der Waals surface area contributed by atoms with Crippen LogP contribution in [0.5, 0.6) is 11.8 Å². The summed E-state index contributed by atoms with van der Waals surface area (Å²) < 4.78 is 7.24. The normalized spacial score (nSPS) is 12.2. The number of amides is 1. The van der Waals surface area contributed by atoms with Crippen molar-refractivity contribution in [3.8, 4) is 11.8 Å². The summed E-state index contributed by atoms with van der Waals surface area (Å²) in [5.41, 5.74) is -0.222. The fourth-order valence-electron chi connectivity index (χ4n) is 2.96. The van der Waals surface area contributed by atoms with E-state index in [1.165, 1.54) is 10.6 Å². The molecule has 0 aliphatic rings. The SMILES string of the molecule is CCC(=O)C(C)(C)CCOC(C)(C)CCNC(=O)CCn1c(O)cc(C)c1O. The number of aryl methyl sites for hydroxylation is 1. The van der Waals surface area contributed by atoms with E-state index in [0.29, 0.717) is 38.0 Å². The molecule has 1 aromatic rings. The van der Waals surface area contributed by atoms with Crippen LogP contribution in [-0.2, 0) is 20.9 Å². The summed E-state index contributed by atoms with van der Waals surface area (Å²) in [6, 6.07) is 1.46. The molecular formula is C21H36N2O5. The van der Waals surface area contributed by atoms with Crippen LogP contribution in [0, 0.1) is 12.3 Å². The average Bonchev–Trinajstić information content (AvgIpc) is 2.83. The van der Waals surface area contributed by atoms with Crippen LogP contribution in [0.2, 0.25) is 0 Å². The maximum absolute atomic E-state index is 12.0. The predicted octanol–water partition coefficient (Wildman–Crippen LogP) is 3.29. The first-order valence-electron chi connectivity index (χ1n) is 9.91. The number of ketones is 1. The summed E-state index contributed by atoms with van der Waals surface area (Å²) in [5, 5.41) is 22.4. The first-order valence-corrected chi connectivity index (χ1v) is 9.91. The standard InChI is InChI=1S/C21H36N2O5/c1-7-16(24)20(3,4)10-13-28-21(5,6)9-11-22-17(25)8-12-23-18(26)14-15(2)19(23)27/h14,26-27H,7-13H2,1-6H3,(H,22,25). The van der Waals surface area contributed by atoms with Gasteiger partial charge in [0.2, 0.25) is 5.91 Å². The number of rotatable bonds is 12. The van der Waals surface area contributed by atoms with E-state index >= 15 is 0 Å². The Morgan fingerprint density at radius 2 is 1.82 bits per heavy atom. The van der Waals surface area contributed by atoms with E-state index in [9.17, 15) is 19.8 Å². The molecule has 0 unspecified atom stereocenters. The summed E-state index contributed by atoms with van der Waals surface area (Å²) in [4.78, 5) is 23.9. The van der Waals surface area contributed by atoms with Crippen molar-refractivity contribution < 1.29 is 24.5 Å². The first-order chi connectivity index (χ1) is 12.9. The third-order valence-electron chi connectivity index (χ3n) is 5.14. The summed E-state index contributed by atoms with van der Waals surface area (Å²) >= 11 is 0. The van der Waals surface area contributed by atoms with Crippen molar-refractivity contribution in [2.45, 2.75) is 79.4 Å². The molecule has 0 atom stereocenters. The quantitative estimate of drug-likeness (QED) is 0.503. The molecular weight excluding hydrogens is 360 g/mol. The predicted molar refractivity (Wildman–Crippen MR) is 108 cm³/mol. The van der Waals surface area contributed by atoms with Gasteiger partial charge in [-0.3, -0.25) is 14.2 Å². The first kappa shape index (κ1) is 24.0. The van der Waals surface area contributed by atoms with Crippen molar-refractivity contribution in [1.82, 2.24) is 9.88 Å². The van der Waals surface area contributed by atoms with Gasteiger partial charge in [-0.15, -0.1) is 0 Å². The molecule has 0 aliphatic heterocycles. The van der Waals surface area contributed by atoms with E-state index in [4.69, 9.17) is 4.74 Å². The molecule has 1 rings (SSSR count). The van der Waals surface area contributed by atoms with Gasteiger partial charge in [-0.1, -0.05) is 20.8 Å². The van der Waals surface area contributed by atoms with Crippen molar-refractivity contribution >= 4 is 11.7 Å². The van der Waals surface area contributed by atoms with E-state index in [2.05, 4.69) is 5.32 Å². The molecule has 7 nitrogen and oxygen atoms in total. The Morgan fingerprint density at radius 3 is 2.36 bits per heavy atom. The highest BCUT2D eigenvalue weighted by atomic mass is 16.5. The number of nitrogens with one attached hydrogen (secondary N) is 1. The van der Waals surface area contributed by atoms with Gasteiger partial charge in [0.15, 0.2) is 11.8 Å². The number of nitrogens with zero attached hydrogens (tertiary/aromatic N) is 1. The molecule has 3 N–H and O–H groups in total. The van der Waals surface area contributed by atoms with Crippen molar-refractivity contribution in [3.05, 3.63) is 11.6 Å². The smallest absolute Gasteiger partial charge is 0.221 e. The summed E-state index contributed by atoms with van der Waals surface area (Å²) in [6.45, 7) is 12.5. The Morgan fingerprint density at radius 1 is 1.18 bits per heavy atom. The zero-order valence-electron chi connectivity index (χ0n) is 18.1. The second-order valence-electron chi connectivity index (χ2n) is 8.53. The Hall–Kier alpha value is -2.02. The van der Waals surface area contributed by atoms with Gasteiger partial charge in [0.1, 0.15) is 5.78 Å². The van der Waals surface area contributed by atoms with Gasteiger partial charge >= 0.3 is 0 Å². The molecule has 1 amide bonds. The largest absolute Gasteiger partial charge is 0.494 e. The molecule has 160 valence electrons. The lowest BCUT2D eigenvalue weighted by Gasteiger charge is -2.29. The number of Topliss-reactive ketones (excluding diaryl/α,β-unsaturated/α-hetero) is 1. The van der Waals surface area contributed by atoms with Crippen molar-refractivity contribution in [2.24, 2.45) is 5.41 Å². The highest BCUT2D eigenvalue weighted by Crippen LogP contribution is 2.27. The number of carbonyl (C=O) groups excluding carboxylic acids is 2. The molecule has 1 aromatic heterocycles. The fraction of sp³-hybridized carbons (Fsp3) is 0.714. The molecule has 28 heavy (non-hydrogen) atoms. The fourth-order valence-corrected chi connectivity index (χ4v) is 2.96. The second-order valence-corrected chi connectivity index (χ2v) is 8.53. The lowest BCUT2D eigenvalue weighted by molar-refractivity contribution is -0.129. The van der Waals surface area contributed by atoms with Crippen LogP contribution in [0.25, 0.3) is 0 Å². The summed E-state index contributed by atoms with van der Waals surface area (Å²) in [5.74, 6) is -0.00196.